The molecule has 2 atom stereocenters. The van der Waals surface area contributed by atoms with Crippen molar-refractivity contribution in [2.24, 2.45) is 11.8 Å². The number of hydrogen-bond acceptors (Lipinski definition) is 3. The third-order valence-electron chi connectivity index (χ3n) is 2.82. The minimum atomic E-state index is -5.38. The lowest BCUT2D eigenvalue weighted by Gasteiger charge is -2.17. The number of nitrogens with one attached hydrogen (secondary N) is 1. The Kier molecular flexibility index (Phi) is 4.03. The molecular formula is C8H12F3NO4S. The van der Waals surface area contributed by atoms with E-state index >= 15 is 0 Å². The first-order valence-corrected chi connectivity index (χ1v) is 6.42. The molecule has 0 heterocycles. The van der Waals surface area contributed by atoms with Crippen LogP contribution in [-0.4, -0.2) is 31.5 Å². The molecule has 2 N–H and O–H groups in total. The van der Waals surface area contributed by atoms with Gasteiger partial charge in [0.2, 0.25) is 0 Å². The van der Waals surface area contributed by atoms with E-state index in [2.05, 4.69) is 0 Å². The standard InChI is InChI=1S/C8H12F3NO4S/c9-8(10,11)17(15,16)12-4-5-2-1-3-6(5)7(13)14/h5-6,12H,1-4H2,(H,13,14). The number of aliphatic carboxylic acids is 1. The number of carboxylic acids is 1. The molecule has 0 spiro atoms. The van der Waals surface area contributed by atoms with Gasteiger partial charge >= 0.3 is 21.5 Å². The quantitative estimate of drug-likeness (QED) is 0.799. The molecule has 0 radical (unpaired) electrons. The van der Waals surface area contributed by atoms with Gasteiger partial charge in [-0.1, -0.05) is 6.42 Å². The van der Waals surface area contributed by atoms with E-state index in [4.69, 9.17) is 5.11 Å². The Balaban J connectivity index is 2.60. The monoisotopic (exact) mass is 275 g/mol. The Morgan fingerprint density at radius 1 is 1.35 bits per heavy atom. The fraction of sp³-hybridized carbons (Fsp3) is 0.875. The average Bonchev–Trinajstić information content (AvgIpc) is 2.60. The van der Waals surface area contributed by atoms with Crippen LogP contribution in [0.3, 0.4) is 0 Å². The highest BCUT2D eigenvalue weighted by atomic mass is 32.2. The smallest absolute Gasteiger partial charge is 0.481 e. The van der Waals surface area contributed by atoms with Crippen LogP contribution in [0, 0.1) is 11.8 Å². The van der Waals surface area contributed by atoms with Crippen LogP contribution in [0.25, 0.3) is 0 Å². The summed E-state index contributed by atoms with van der Waals surface area (Å²) >= 11 is 0. The Morgan fingerprint density at radius 2 is 1.94 bits per heavy atom. The van der Waals surface area contributed by atoms with Gasteiger partial charge in [0.05, 0.1) is 5.92 Å². The minimum Gasteiger partial charge on any atom is -0.481 e. The van der Waals surface area contributed by atoms with E-state index < -0.39 is 39.9 Å². The number of carboxylic acid groups (broad SMARTS) is 1. The van der Waals surface area contributed by atoms with Crippen LogP contribution in [0.15, 0.2) is 0 Å². The summed E-state index contributed by atoms with van der Waals surface area (Å²) in [5, 5.41) is 8.77. The molecule has 17 heavy (non-hydrogen) atoms. The topological polar surface area (TPSA) is 83.5 Å². The van der Waals surface area contributed by atoms with Gasteiger partial charge in [-0.05, 0) is 18.8 Å². The molecule has 0 aromatic heterocycles. The molecule has 0 amide bonds. The van der Waals surface area contributed by atoms with Crippen LogP contribution in [0.1, 0.15) is 19.3 Å². The van der Waals surface area contributed by atoms with Crippen LogP contribution >= 0.6 is 0 Å². The van der Waals surface area contributed by atoms with Gasteiger partial charge < -0.3 is 5.11 Å². The molecule has 1 saturated carbocycles. The number of rotatable bonds is 4. The predicted octanol–water partition coefficient (Wildman–Crippen LogP) is 0.926. The van der Waals surface area contributed by atoms with Gasteiger partial charge in [0.25, 0.3) is 0 Å². The molecule has 1 rings (SSSR count). The molecule has 9 heteroatoms. The van der Waals surface area contributed by atoms with Crippen LogP contribution in [0.2, 0.25) is 0 Å². The molecular weight excluding hydrogens is 263 g/mol. The van der Waals surface area contributed by atoms with E-state index in [1.807, 2.05) is 0 Å². The summed E-state index contributed by atoms with van der Waals surface area (Å²) in [4.78, 5) is 10.7. The number of sulfonamides is 1. The third-order valence-corrected chi connectivity index (χ3v) is 3.97. The van der Waals surface area contributed by atoms with Crippen molar-refractivity contribution in [1.29, 1.82) is 0 Å². The van der Waals surface area contributed by atoms with Crippen molar-refractivity contribution in [2.75, 3.05) is 6.54 Å². The van der Waals surface area contributed by atoms with Gasteiger partial charge in [-0.3, -0.25) is 4.79 Å². The van der Waals surface area contributed by atoms with Gasteiger partial charge in [-0.15, -0.1) is 0 Å². The molecule has 1 aliphatic rings. The van der Waals surface area contributed by atoms with E-state index in [1.54, 1.807) is 0 Å². The Hall–Kier alpha value is -0.830. The van der Waals surface area contributed by atoms with Gasteiger partial charge in [0.1, 0.15) is 0 Å². The Labute approximate surface area is 96.1 Å². The first kappa shape index (κ1) is 14.2. The molecule has 0 aromatic rings. The van der Waals surface area contributed by atoms with E-state index in [-0.39, 0.29) is 0 Å². The van der Waals surface area contributed by atoms with Crippen molar-refractivity contribution < 1.29 is 31.5 Å². The second-order valence-corrected chi connectivity index (χ2v) is 5.69. The summed E-state index contributed by atoms with van der Waals surface area (Å²) in [6.07, 6.45) is 1.36. The maximum Gasteiger partial charge on any atom is 0.511 e. The van der Waals surface area contributed by atoms with Crippen molar-refractivity contribution in [3.63, 3.8) is 0 Å². The van der Waals surface area contributed by atoms with Gasteiger partial charge in [-0.25, -0.2) is 13.1 Å². The van der Waals surface area contributed by atoms with Gasteiger partial charge in [0, 0.05) is 6.54 Å². The van der Waals surface area contributed by atoms with E-state index in [1.165, 1.54) is 4.72 Å². The van der Waals surface area contributed by atoms with Gasteiger partial charge in [-0.2, -0.15) is 13.2 Å². The minimum absolute atomic E-state index is 0.369. The molecule has 2 unspecified atom stereocenters. The van der Waals surface area contributed by atoms with Crippen molar-refractivity contribution in [3.05, 3.63) is 0 Å². The lowest BCUT2D eigenvalue weighted by molar-refractivity contribution is -0.142. The van der Waals surface area contributed by atoms with Crippen molar-refractivity contribution in [3.8, 4) is 0 Å². The summed E-state index contributed by atoms with van der Waals surface area (Å²) in [6, 6.07) is 0. The first-order chi connectivity index (χ1) is 7.65. The molecule has 100 valence electrons. The molecule has 0 saturated heterocycles. The Morgan fingerprint density at radius 3 is 2.41 bits per heavy atom. The van der Waals surface area contributed by atoms with Gasteiger partial charge in [0.15, 0.2) is 0 Å². The zero-order valence-corrected chi connectivity index (χ0v) is 9.51. The highest BCUT2D eigenvalue weighted by Crippen LogP contribution is 2.32. The van der Waals surface area contributed by atoms with E-state index in [9.17, 15) is 26.4 Å². The zero-order chi connectivity index (χ0) is 13.3. The number of hydrogen-bond donors (Lipinski definition) is 2. The summed E-state index contributed by atoms with van der Waals surface area (Å²) in [5.74, 6) is -2.45. The number of halogens is 3. The zero-order valence-electron chi connectivity index (χ0n) is 8.70. The molecule has 0 aliphatic heterocycles. The second-order valence-electron chi connectivity index (χ2n) is 3.93. The summed E-state index contributed by atoms with van der Waals surface area (Å²) in [5.41, 5.74) is -5.36. The van der Waals surface area contributed by atoms with Crippen molar-refractivity contribution in [2.45, 2.75) is 24.8 Å². The summed E-state index contributed by atoms with van der Waals surface area (Å²) < 4.78 is 58.8. The summed E-state index contributed by atoms with van der Waals surface area (Å²) in [6.45, 7) is -0.487. The lowest BCUT2D eigenvalue weighted by Crippen LogP contribution is -2.40. The maximum atomic E-state index is 12.0. The SMILES string of the molecule is O=C(O)C1CCCC1CNS(=O)(=O)C(F)(F)F. The van der Waals surface area contributed by atoms with Crippen molar-refractivity contribution >= 4 is 16.0 Å². The van der Waals surface area contributed by atoms with E-state index in [0.29, 0.717) is 19.3 Å². The van der Waals surface area contributed by atoms with E-state index in [0.717, 1.165) is 0 Å². The molecule has 1 aliphatic carbocycles. The van der Waals surface area contributed by atoms with Crippen LogP contribution in [-0.2, 0) is 14.8 Å². The molecule has 0 aromatic carbocycles. The predicted molar refractivity (Wildman–Crippen MR) is 51.4 cm³/mol. The third kappa shape index (κ3) is 3.32. The normalized spacial score (nSPS) is 26.1. The second kappa shape index (κ2) is 4.81. The van der Waals surface area contributed by atoms with Crippen molar-refractivity contribution in [1.82, 2.24) is 4.72 Å². The van der Waals surface area contributed by atoms with Crippen LogP contribution in [0.4, 0.5) is 13.2 Å². The molecule has 0 bridgehead atoms. The highest BCUT2D eigenvalue weighted by molar-refractivity contribution is 7.90. The van der Waals surface area contributed by atoms with Crippen LogP contribution in [0.5, 0.6) is 0 Å². The number of carbonyl (C=O) groups is 1. The lowest BCUT2D eigenvalue weighted by atomic mass is 9.97. The molecule has 1 fully saturated rings. The molecule has 5 nitrogen and oxygen atoms in total. The summed E-state index contributed by atoms with van der Waals surface area (Å²) in [7, 11) is -5.38. The Bertz CT molecular complexity index is 392. The van der Waals surface area contributed by atoms with Crippen LogP contribution < -0.4 is 4.72 Å². The largest absolute Gasteiger partial charge is 0.511 e. The number of alkyl halides is 3. The highest BCUT2D eigenvalue weighted by Gasteiger charge is 2.46. The fourth-order valence-corrected chi connectivity index (χ4v) is 2.50. The fourth-order valence-electron chi connectivity index (χ4n) is 1.90. The average molecular weight is 275 g/mol. The first-order valence-electron chi connectivity index (χ1n) is 4.94. The maximum absolute atomic E-state index is 12.0.